The van der Waals surface area contributed by atoms with Gasteiger partial charge >= 0.3 is 6.09 Å². The number of rotatable bonds is 4. The Morgan fingerprint density at radius 3 is 2.64 bits per heavy atom. The van der Waals surface area contributed by atoms with E-state index in [1.165, 1.54) is 5.56 Å². The molecule has 1 saturated heterocycles. The number of hydrogen-bond donors (Lipinski definition) is 1. The van der Waals surface area contributed by atoms with Crippen LogP contribution < -0.4 is 5.32 Å². The van der Waals surface area contributed by atoms with Crippen LogP contribution in [-0.2, 0) is 11.3 Å². The molecule has 1 aliphatic rings. The van der Waals surface area contributed by atoms with Crippen LogP contribution in [0.1, 0.15) is 19.4 Å². The highest BCUT2D eigenvalue weighted by atomic mass is 32.1. The third-order valence-corrected chi connectivity index (χ3v) is 4.16. The second-order valence-electron chi connectivity index (χ2n) is 4.97. The van der Waals surface area contributed by atoms with Gasteiger partial charge in [-0.3, -0.25) is 0 Å². The molecule has 0 aromatic carbocycles. The number of thiophene rings is 1. The van der Waals surface area contributed by atoms with E-state index in [-0.39, 0.29) is 6.09 Å². The third kappa shape index (κ3) is 4.62. The van der Waals surface area contributed by atoms with Crippen molar-refractivity contribution in [3.05, 3.63) is 22.4 Å². The lowest BCUT2D eigenvalue weighted by Gasteiger charge is -2.35. The minimum atomic E-state index is -0.220. The van der Waals surface area contributed by atoms with E-state index in [1.807, 2.05) is 6.92 Å². The van der Waals surface area contributed by atoms with Crippen LogP contribution in [-0.4, -0.2) is 61.2 Å². The van der Waals surface area contributed by atoms with Gasteiger partial charge in [-0.2, -0.15) is 11.3 Å². The summed E-state index contributed by atoms with van der Waals surface area (Å²) in [7, 11) is 0. The minimum absolute atomic E-state index is 0.220. The molecule has 0 saturated carbocycles. The maximum Gasteiger partial charge on any atom is 0.409 e. The Kier molecular flexibility index (Phi) is 6.51. The Bertz CT molecular complexity index is 482. The van der Waals surface area contributed by atoms with Gasteiger partial charge in [-0.05, 0) is 36.2 Å². The molecule has 0 radical (unpaired) electrons. The fraction of sp³-hybridized carbons (Fsp3) is 0.600. The zero-order chi connectivity index (χ0) is 15.8. The standard InChI is InChI=1S/C15H24N4O2S/c1-3-16-14(17-11-13-5-10-22-12-13)18-6-8-19(9-7-18)15(20)21-4-2/h5,10,12H,3-4,6-9,11H2,1-2H3,(H,16,17). The number of carbonyl (C=O) groups excluding carboxylic acids is 1. The molecule has 1 N–H and O–H groups in total. The van der Waals surface area contributed by atoms with Crippen LogP contribution in [0.25, 0.3) is 0 Å². The average molecular weight is 324 g/mol. The number of hydrogen-bond acceptors (Lipinski definition) is 4. The molecule has 1 aromatic rings. The van der Waals surface area contributed by atoms with E-state index in [2.05, 4.69) is 39.0 Å². The Balaban J connectivity index is 1.90. The number of nitrogens with zero attached hydrogens (tertiary/aromatic N) is 3. The SMILES string of the molecule is CCNC(=NCc1ccsc1)N1CCN(C(=O)OCC)CC1. The molecule has 2 heterocycles. The molecule has 1 fully saturated rings. The van der Waals surface area contributed by atoms with Gasteiger partial charge < -0.3 is 19.9 Å². The monoisotopic (exact) mass is 324 g/mol. The Hall–Kier alpha value is -1.76. The van der Waals surface area contributed by atoms with Crippen LogP contribution in [0.4, 0.5) is 4.79 Å². The summed E-state index contributed by atoms with van der Waals surface area (Å²) in [6.45, 7) is 8.71. The number of nitrogens with one attached hydrogen (secondary N) is 1. The molecule has 1 aromatic heterocycles. The number of guanidine groups is 1. The van der Waals surface area contributed by atoms with Gasteiger partial charge in [-0.25, -0.2) is 9.79 Å². The van der Waals surface area contributed by atoms with Crippen molar-refractivity contribution in [2.24, 2.45) is 4.99 Å². The summed E-state index contributed by atoms with van der Waals surface area (Å²) < 4.78 is 5.04. The molecule has 0 unspecified atom stereocenters. The molecule has 2 rings (SSSR count). The summed E-state index contributed by atoms with van der Waals surface area (Å²) in [5, 5.41) is 7.51. The first-order valence-electron chi connectivity index (χ1n) is 7.70. The van der Waals surface area contributed by atoms with Crippen molar-refractivity contribution in [2.75, 3.05) is 39.3 Å². The zero-order valence-corrected chi connectivity index (χ0v) is 14.1. The van der Waals surface area contributed by atoms with Crippen molar-refractivity contribution in [3.8, 4) is 0 Å². The average Bonchev–Trinajstić information content (AvgIpc) is 3.05. The van der Waals surface area contributed by atoms with Crippen molar-refractivity contribution >= 4 is 23.4 Å². The Labute approximate surface area is 135 Å². The second-order valence-corrected chi connectivity index (χ2v) is 5.75. The van der Waals surface area contributed by atoms with Crippen molar-refractivity contribution < 1.29 is 9.53 Å². The fourth-order valence-corrected chi connectivity index (χ4v) is 2.95. The first kappa shape index (κ1) is 16.6. The Morgan fingerprint density at radius 1 is 1.32 bits per heavy atom. The number of ether oxygens (including phenoxy) is 1. The number of amides is 1. The maximum atomic E-state index is 11.7. The lowest BCUT2D eigenvalue weighted by molar-refractivity contribution is 0.0914. The smallest absolute Gasteiger partial charge is 0.409 e. The van der Waals surface area contributed by atoms with Gasteiger partial charge in [0.15, 0.2) is 5.96 Å². The normalized spacial score (nSPS) is 15.8. The van der Waals surface area contributed by atoms with E-state index < -0.39 is 0 Å². The van der Waals surface area contributed by atoms with Crippen LogP contribution in [0.2, 0.25) is 0 Å². The summed E-state index contributed by atoms with van der Waals surface area (Å²) in [4.78, 5) is 20.4. The molecular weight excluding hydrogens is 300 g/mol. The van der Waals surface area contributed by atoms with Crippen molar-refractivity contribution in [3.63, 3.8) is 0 Å². The van der Waals surface area contributed by atoms with E-state index in [0.717, 1.165) is 25.6 Å². The van der Waals surface area contributed by atoms with E-state index in [9.17, 15) is 4.79 Å². The van der Waals surface area contributed by atoms with Crippen molar-refractivity contribution in [1.29, 1.82) is 0 Å². The van der Waals surface area contributed by atoms with Crippen molar-refractivity contribution in [2.45, 2.75) is 20.4 Å². The summed E-state index contributed by atoms with van der Waals surface area (Å²) in [5.41, 5.74) is 1.23. The largest absolute Gasteiger partial charge is 0.450 e. The highest BCUT2D eigenvalue weighted by Gasteiger charge is 2.23. The van der Waals surface area contributed by atoms with Gasteiger partial charge in [0, 0.05) is 32.7 Å². The molecule has 0 atom stereocenters. The molecule has 0 bridgehead atoms. The number of carbonyl (C=O) groups is 1. The lowest BCUT2D eigenvalue weighted by Crippen LogP contribution is -2.53. The quantitative estimate of drug-likeness (QED) is 0.680. The molecule has 0 spiro atoms. The predicted molar refractivity (Wildman–Crippen MR) is 89.3 cm³/mol. The van der Waals surface area contributed by atoms with E-state index in [0.29, 0.717) is 26.2 Å². The van der Waals surface area contributed by atoms with Crippen LogP contribution in [0.15, 0.2) is 21.8 Å². The number of piperazine rings is 1. The third-order valence-electron chi connectivity index (χ3n) is 3.43. The van der Waals surface area contributed by atoms with Crippen LogP contribution in [0, 0.1) is 0 Å². The second kappa shape index (κ2) is 8.63. The molecule has 122 valence electrons. The summed E-state index contributed by atoms with van der Waals surface area (Å²) in [5.74, 6) is 0.914. The van der Waals surface area contributed by atoms with Crippen LogP contribution in [0.3, 0.4) is 0 Å². The molecular formula is C15H24N4O2S. The molecule has 0 aliphatic carbocycles. The van der Waals surface area contributed by atoms with Crippen molar-refractivity contribution in [1.82, 2.24) is 15.1 Å². The van der Waals surface area contributed by atoms with E-state index >= 15 is 0 Å². The Morgan fingerprint density at radius 2 is 2.05 bits per heavy atom. The molecule has 1 amide bonds. The first-order valence-corrected chi connectivity index (χ1v) is 8.65. The first-order chi connectivity index (χ1) is 10.7. The van der Waals surface area contributed by atoms with Gasteiger partial charge in [-0.1, -0.05) is 0 Å². The van der Waals surface area contributed by atoms with Crippen LogP contribution >= 0.6 is 11.3 Å². The summed E-state index contributed by atoms with van der Waals surface area (Å²) in [6.07, 6.45) is -0.220. The van der Waals surface area contributed by atoms with E-state index in [4.69, 9.17) is 4.74 Å². The van der Waals surface area contributed by atoms with Gasteiger partial charge in [0.2, 0.25) is 0 Å². The zero-order valence-electron chi connectivity index (χ0n) is 13.2. The number of aliphatic imine (C=N–C) groups is 1. The predicted octanol–water partition coefficient (Wildman–Crippen LogP) is 1.99. The lowest BCUT2D eigenvalue weighted by atomic mass is 10.3. The van der Waals surface area contributed by atoms with Gasteiger partial charge in [0.25, 0.3) is 0 Å². The summed E-state index contributed by atoms with van der Waals surface area (Å²) >= 11 is 1.69. The highest BCUT2D eigenvalue weighted by molar-refractivity contribution is 7.07. The minimum Gasteiger partial charge on any atom is -0.450 e. The molecule has 22 heavy (non-hydrogen) atoms. The topological polar surface area (TPSA) is 57.2 Å². The van der Waals surface area contributed by atoms with E-state index in [1.54, 1.807) is 16.2 Å². The van der Waals surface area contributed by atoms with Gasteiger partial charge in [-0.15, -0.1) is 0 Å². The molecule has 7 heteroatoms. The highest BCUT2D eigenvalue weighted by Crippen LogP contribution is 2.09. The fourth-order valence-electron chi connectivity index (χ4n) is 2.29. The van der Waals surface area contributed by atoms with Gasteiger partial charge in [0.05, 0.1) is 13.2 Å². The van der Waals surface area contributed by atoms with Crippen LogP contribution in [0.5, 0.6) is 0 Å². The maximum absolute atomic E-state index is 11.7. The molecule has 1 aliphatic heterocycles. The summed E-state index contributed by atoms with van der Waals surface area (Å²) in [6, 6.07) is 2.09. The molecule has 6 nitrogen and oxygen atoms in total. The van der Waals surface area contributed by atoms with Gasteiger partial charge in [0.1, 0.15) is 0 Å².